The minimum absolute atomic E-state index is 0. The molecular formula is C39H48Cl2Zr-2. The van der Waals surface area contributed by atoms with Gasteiger partial charge in [-0.05, 0) is 36.1 Å². The summed E-state index contributed by atoms with van der Waals surface area (Å²) in [6.07, 6.45) is 13.8. The van der Waals surface area contributed by atoms with Gasteiger partial charge >= 0.3 is 41.3 Å². The molecule has 0 saturated heterocycles. The Morgan fingerprint density at radius 3 is 1.55 bits per heavy atom. The van der Waals surface area contributed by atoms with Gasteiger partial charge in [-0.2, -0.15) is 11.6 Å². The summed E-state index contributed by atoms with van der Waals surface area (Å²) in [5.74, 6) is 0.573. The molecule has 0 bridgehead atoms. The smallest absolute Gasteiger partial charge is 1.00 e. The first kappa shape index (κ1) is 36.8. The maximum Gasteiger partial charge on any atom is -1.00 e. The second kappa shape index (κ2) is 13.3. The van der Waals surface area contributed by atoms with Crippen LogP contribution in [-0.4, -0.2) is 3.21 Å². The molecule has 6 rings (SSSR count). The van der Waals surface area contributed by atoms with Gasteiger partial charge < -0.3 is 24.8 Å². The van der Waals surface area contributed by atoms with Crippen LogP contribution >= 0.6 is 0 Å². The van der Waals surface area contributed by atoms with Gasteiger partial charge in [0.05, 0.1) is 0 Å². The van der Waals surface area contributed by atoms with Gasteiger partial charge in [-0.15, -0.1) is 39.7 Å². The summed E-state index contributed by atoms with van der Waals surface area (Å²) in [5, 5.41) is 5.57. The van der Waals surface area contributed by atoms with E-state index < -0.39 is 0 Å². The van der Waals surface area contributed by atoms with Crippen molar-refractivity contribution in [1.82, 2.24) is 0 Å². The van der Waals surface area contributed by atoms with E-state index in [-0.39, 0.29) is 35.6 Å². The van der Waals surface area contributed by atoms with Crippen molar-refractivity contribution in [2.75, 3.05) is 0 Å². The van der Waals surface area contributed by atoms with E-state index in [9.17, 15) is 0 Å². The molecule has 3 aliphatic carbocycles. The Morgan fingerprint density at radius 1 is 0.833 bits per heavy atom. The SMILES string of the molecule is CC1=CC(C)(C)c2cc3[cH-]c4cc5c(cc4c3cc21)C(C)=CC5(C)C.CCC1[C-]=CC(C(C)(C)C)=C1.C[C](C)=[Zr+2].[Cl-].[Cl-]. The fourth-order valence-electron chi connectivity index (χ4n) is 6.43. The second-order valence-corrected chi connectivity index (χ2v) is 16.9. The molecule has 0 N–H and O–H groups in total. The molecule has 0 amide bonds. The van der Waals surface area contributed by atoms with Crippen LogP contribution in [0.5, 0.6) is 0 Å². The molecule has 3 aromatic carbocycles. The van der Waals surface area contributed by atoms with E-state index >= 15 is 0 Å². The first-order valence-corrected chi connectivity index (χ1v) is 16.1. The van der Waals surface area contributed by atoms with Gasteiger partial charge in [0.2, 0.25) is 0 Å². The second-order valence-electron chi connectivity index (χ2n) is 14.4. The van der Waals surface area contributed by atoms with Crippen LogP contribution in [-0.2, 0) is 35.1 Å². The average molecular weight is 679 g/mol. The molecule has 0 radical (unpaired) electrons. The fraction of sp³-hybridized carbons (Fsp3) is 0.436. The van der Waals surface area contributed by atoms with Gasteiger partial charge in [0, 0.05) is 10.8 Å². The molecule has 0 fully saturated rings. The molecule has 0 spiro atoms. The van der Waals surface area contributed by atoms with Crippen LogP contribution in [0.1, 0.15) is 112 Å². The van der Waals surface area contributed by atoms with E-state index in [1.54, 1.807) is 24.2 Å². The van der Waals surface area contributed by atoms with Gasteiger partial charge in [-0.25, -0.2) is 6.08 Å². The van der Waals surface area contributed by atoms with E-state index in [0.29, 0.717) is 11.3 Å². The summed E-state index contributed by atoms with van der Waals surface area (Å²) in [7, 11) is 0. The Labute approximate surface area is 283 Å². The van der Waals surface area contributed by atoms with Crippen molar-refractivity contribution >= 4 is 35.9 Å². The minimum atomic E-state index is 0. The fourth-order valence-corrected chi connectivity index (χ4v) is 6.43. The van der Waals surface area contributed by atoms with Crippen LogP contribution in [0.4, 0.5) is 0 Å². The van der Waals surface area contributed by atoms with Crippen molar-refractivity contribution in [2.24, 2.45) is 11.3 Å². The van der Waals surface area contributed by atoms with Crippen LogP contribution in [0.2, 0.25) is 0 Å². The summed E-state index contributed by atoms with van der Waals surface area (Å²) in [4.78, 5) is 0. The van der Waals surface area contributed by atoms with Gasteiger partial charge in [-0.3, -0.25) is 6.08 Å². The number of benzene rings is 2. The van der Waals surface area contributed by atoms with Gasteiger partial charge in [-0.1, -0.05) is 109 Å². The van der Waals surface area contributed by atoms with E-state index in [4.69, 9.17) is 0 Å². The van der Waals surface area contributed by atoms with Crippen LogP contribution in [0, 0.1) is 17.4 Å². The Morgan fingerprint density at radius 2 is 1.24 bits per heavy atom. The molecule has 3 aliphatic rings. The number of halogens is 2. The molecule has 224 valence electrons. The van der Waals surface area contributed by atoms with E-state index in [1.165, 1.54) is 70.1 Å². The van der Waals surface area contributed by atoms with Crippen LogP contribution in [0.25, 0.3) is 32.7 Å². The van der Waals surface area contributed by atoms with Gasteiger partial charge in [0.15, 0.2) is 0 Å². The van der Waals surface area contributed by atoms with E-state index in [0.717, 1.165) is 0 Å². The third kappa shape index (κ3) is 7.45. The monoisotopic (exact) mass is 676 g/mol. The molecule has 3 aromatic rings. The summed E-state index contributed by atoms with van der Waals surface area (Å²) in [6, 6.07) is 12.1. The molecule has 0 aliphatic heterocycles. The van der Waals surface area contributed by atoms with Crippen molar-refractivity contribution in [1.29, 1.82) is 0 Å². The Bertz CT molecular complexity index is 1520. The van der Waals surface area contributed by atoms with Crippen LogP contribution in [0.3, 0.4) is 0 Å². The molecule has 0 heterocycles. The molecule has 0 aromatic heterocycles. The Hall–Kier alpha value is -1.40. The summed E-state index contributed by atoms with van der Waals surface area (Å²) >= 11 is 1.55. The summed E-state index contributed by atoms with van der Waals surface area (Å²) in [6.45, 7) is 27.0. The van der Waals surface area contributed by atoms with Crippen LogP contribution in [0.15, 0.2) is 60.2 Å². The minimum Gasteiger partial charge on any atom is -1.00 e. The third-order valence-electron chi connectivity index (χ3n) is 8.51. The van der Waals surface area contributed by atoms with Crippen LogP contribution < -0.4 is 24.8 Å². The number of hydrogen-bond donors (Lipinski definition) is 0. The summed E-state index contributed by atoms with van der Waals surface area (Å²) < 4.78 is 1.51. The largest absolute Gasteiger partial charge is 1.00 e. The van der Waals surface area contributed by atoms with Gasteiger partial charge in [0.1, 0.15) is 0 Å². The number of allylic oxidation sites excluding steroid dienone is 8. The van der Waals surface area contributed by atoms with Crippen molar-refractivity contribution < 1.29 is 49.0 Å². The topological polar surface area (TPSA) is 0 Å². The predicted molar refractivity (Wildman–Crippen MR) is 176 cm³/mol. The van der Waals surface area contributed by atoms with Crippen molar-refractivity contribution in [3.63, 3.8) is 0 Å². The predicted octanol–water partition coefficient (Wildman–Crippen LogP) is 5.21. The maximum atomic E-state index is 3.35. The molecule has 1 unspecified atom stereocenters. The zero-order chi connectivity index (χ0) is 29.8. The van der Waals surface area contributed by atoms with E-state index in [1.807, 2.05) is 0 Å². The molecule has 3 heteroatoms. The third-order valence-corrected chi connectivity index (χ3v) is 8.51. The zero-order valence-corrected chi connectivity index (χ0v) is 31.7. The normalized spacial score (nSPS) is 18.8. The quantitative estimate of drug-likeness (QED) is 0.310. The average Bonchev–Trinajstić information content (AvgIpc) is 3.55. The Balaban J connectivity index is 0.000000307. The summed E-state index contributed by atoms with van der Waals surface area (Å²) in [5.41, 5.74) is 10.6. The first-order valence-electron chi connectivity index (χ1n) is 14.9. The van der Waals surface area contributed by atoms with Crippen molar-refractivity contribution in [3.8, 4) is 0 Å². The van der Waals surface area contributed by atoms with Crippen molar-refractivity contribution in [2.45, 2.75) is 100 Å². The number of hydrogen-bond acceptors (Lipinski definition) is 0. The molecular weight excluding hydrogens is 631 g/mol. The maximum absolute atomic E-state index is 3.35. The molecule has 42 heavy (non-hydrogen) atoms. The van der Waals surface area contributed by atoms with Crippen molar-refractivity contribution in [3.05, 3.63) is 88.5 Å². The molecule has 1 atom stereocenters. The van der Waals surface area contributed by atoms with Gasteiger partial charge in [0.25, 0.3) is 0 Å². The standard InChI is InChI=1S/C25H25.C11H17.C3H6.2ClH.Zr/c1-14-12-24(3,4)22-8-16-7-17-9-23-19(15(2)13-25(23,5)6)11-21(17)20(16)10-18(14)22;1-5-9-6-7-10(8-9)11(2,3)4;1-3-2;;;/h7-13H,1-6H3;7-9H,5H2,1-4H3;1-2H3;2*1H;/q2*-1;;;;+2/p-2. The molecule has 0 saturated carbocycles. The number of fused-ring (bicyclic) bond motifs is 5. The molecule has 0 nitrogen and oxygen atoms in total. The van der Waals surface area contributed by atoms with E-state index in [2.05, 4.69) is 144 Å². The first-order chi connectivity index (χ1) is 18.4. The zero-order valence-electron chi connectivity index (χ0n) is 27.7. The number of rotatable bonds is 1. The Kier molecular flexibility index (Phi) is 11.7.